The Kier molecular flexibility index (Phi) is 4.81. The van der Waals surface area contributed by atoms with Crippen LogP contribution in [0.2, 0.25) is 0 Å². The first-order valence-corrected chi connectivity index (χ1v) is 8.37. The van der Waals surface area contributed by atoms with E-state index in [0.29, 0.717) is 17.0 Å². The summed E-state index contributed by atoms with van der Waals surface area (Å²) >= 11 is 1.22. The lowest BCUT2D eigenvalue weighted by atomic mass is 10.3. The fraction of sp³-hybridized carbons (Fsp3) is 0.333. The molecule has 138 valence electrons. The number of carbonyl (C=O) groups is 1. The van der Waals surface area contributed by atoms with Crippen molar-refractivity contribution in [3.05, 3.63) is 40.9 Å². The largest absolute Gasteiger partial charge is 0.471 e. The van der Waals surface area contributed by atoms with Gasteiger partial charge < -0.3 is 9.84 Å². The van der Waals surface area contributed by atoms with E-state index in [4.69, 9.17) is 0 Å². The summed E-state index contributed by atoms with van der Waals surface area (Å²) in [5.41, 5.74) is 0.434. The Morgan fingerprint density at radius 2 is 2.15 bits per heavy atom. The van der Waals surface area contributed by atoms with Crippen LogP contribution in [0.5, 0.6) is 0 Å². The van der Waals surface area contributed by atoms with Gasteiger partial charge in [0, 0.05) is 17.1 Å². The molecule has 0 aliphatic heterocycles. The van der Waals surface area contributed by atoms with Crippen LogP contribution in [-0.4, -0.2) is 31.9 Å². The minimum Gasteiger partial charge on any atom is -0.350 e. The number of halogens is 3. The molecule has 1 N–H and O–H groups in total. The molecule has 0 aliphatic carbocycles. The maximum Gasteiger partial charge on any atom is 0.471 e. The van der Waals surface area contributed by atoms with Gasteiger partial charge in [-0.2, -0.15) is 23.3 Å². The van der Waals surface area contributed by atoms with Crippen molar-refractivity contribution in [2.24, 2.45) is 0 Å². The first-order valence-electron chi connectivity index (χ1n) is 7.55. The van der Waals surface area contributed by atoms with Crippen molar-refractivity contribution in [2.75, 3.05) is 0 Å². The molecule has 3 heterocycles. The summed E-state index contributed by atoms with van der Waals surface area (Å²) in [6.45, 7) is 4.08. The second kappa shape index (κ2) is 6.90. The fourth-order valence-electron chi connectivity index (χ4n) is 2.09. The van der Waals surface area contributed by atoms with Crippen LogP contribution in [0, 0.1) is 0 Å². The number of rotatable bonds is 5. The summed E-state index contributed by atoms with van der Waals surface area (Å²) in [6.07, 6.45) is -1.61. The van der Waals surface area contributed by atoms with Crippen molar-refractivity contribution >= 4 is 17.2 Å². The molecule has 0 aliphatic rings. The Hall–Kier alpha value is -2.69. The number of hydrogen-bond donors (Lipinski definition) is 1. The third kappa shape index (κ3) is 4.10. The highest BCUT2D eigenvalue weighted by atomic mass is 32.1. The Labute approximate surface area is 149 Å². The van der Waals surface area contributed by atoms with Crippen molar-refractivity contribution in [3.63, 3.8) is 0 Å². The quantitative estimate of drug-likeness (QED) is 0.729. The smallest absolute Gasteiger partial charge is 0.350 e. The Morgan fingerprint density at radius 3 is 2.81 bits per heavy atom. The molecule has 0 aromatic carbocycles. The van der Waals surface area contributed by atoms with Gasteiger partial charge >= 0.3 is 12.1 Å². The molecule has 0 saturated carbocycles. The fourth-order valence-corrected chi connectivity index (χ4v) is 3.02. The number of hydrogen-bond acceptors (Lipinski definition) is 6. The van der Waals surface area contributed by atoms with Crippen molar-refractivity contribution in [1.82, 2.24) is 25.2 Å². The molecule has 0 unspecified atom stereocenters. The molecule has 3 aromatic heterocycles. The van der Waals surface area contributed by atoms with E-state index < -0.39 is 12.1 Å². The highest BCUT2D eigenvalue weighted by molar-refractivity contribution is 7.15. The van der Waals surface area contributed by atoms with Crippen LogP contribution in [0.25, 0.3) is 10.7 Å². The molecule has 0 saturated heterocycles. The number of nitrogens with zero attached hydrogens (tertiary/aromatic N) is 4. The first kappa shape index (κ1) is 18.1. The molecule has 7 nitrogen and oxygen atoms in total. The first-order chi connectivity index (χ1) is 12.2. The van der Waals surface area contributed by atoms with Crippen LogP contribution < -0.4 is 5.32 Å². The highest BCUT2D eigenvalue weighted by Crippen LogP contribution is 2.31. The van der Waals surface area contributed by atoms with Gasteiger partial charge in [-0.05, 0) is 26.0 Å². The standard InChI is InChI=1S/C15H14F3N5O2S/c1-8(2)20-13(24)9-5-19-23(6-9)7-10-3-4-11(26-10)12-21-14(25-22-12)15(16,17)18/h3-6,8H,7H2,1-2H3,(H,20,24). The van der Waals surface area contributed by atoms with E-state index in [9.17, 15) is 18.0 Å². The van der Waals surface area contributed by atoms with Gasteiger partial charge in [-0.25, -0.2) is 0 Å². The normalized spacial score (nSPS) is 11.9. The van der Waals surface area contributed by atoms with E-state index in [0.717, 1.165) is 4.88 Å². The van der Waals surface area contributed by atoms with E-state index in [1.54, 1.807) is 23.0 Å². The van der Waals surface area contributed by atoms with Crippen molar-refractivity contribution < 1.29 is 22.5 Å². The zero-order valence-corrected chi connectivity index (χ0v) is 14.6. The van der Waals surface area contributed by atoms with Crippen molar-refractivity contribution in [3.8, 4) is 10.7 Å². The van der Waals surface area contributed by atoms with Crippen molar-refractivity contribution in [1.29, 1.82) is 0 Å². The van der Waals surface area contributed by atoms with Crippen LogP contribution >= 0.6 is 11.3 Å². The maximum atomic E-state index is 12.5. The topological polar surface area (TPSA) is 85.8 Å². The molecule has 0 bridgehead atoms. The summed E-state index contributed by atoms with van der Waals surface area (Å²) in [5.74, 6) is -1.72. The van der Waals surface area contributed by atoms with Gasteiger partial charge in [0.15, 0.2) is 0 Å². The highest BCUT2D eigenvalue weighted by Gasteiger charge is 2.38. The van der Waals surface area contributed by atoms with Gasteiger partial charge in [-0.3, -0.25) is 9.48 Å². The van der Waals surface area contributed by atoms with E-state index in [-0.39, 0.29) is 17.8 Å². The van der Waals surface area contributed by atoms with E-state index in [1.807, 2.05) is 13.8 Å². The monoisotopic (exact) mass is 385 g/mol. The SMILES string of the molecule is CC(C)NC(=O)c1cnn(Cc2ccc(-c3noc(C(F)(F)F)n3)s2)c1. The molecular formula is C15H14F3N5O2S. The van der Waals surface area contributed by atoms with Gasteiger partial charge in [0.25, 0.3) is 5.91 Å². The summed E-state index contributed by atoms with van der Waals surface area (Å²) in [6, 6.07) is 3.36. The number of alkyl halides is 3. The number of aromatic nitrogens is 4. The van der Waals surface area contributed by atoms with Crippen LogP contribution in [0.4, 0.5) is 13.2 Å². The van der Waals surface area contributed by atoms with E-state index >= 15 is 0 Å². The van der Waals surface area contributed by atoms with Gasteiger partial charge in [0.05, 0.1) is 23.2 Å². The lowest BCUT2D eigenvalue weighted by Crippen LogP contribution is -2.29. The van der Waals surface area contributed by atoms with Gasteiger partial charge in [-0.15, -0.1) is 11.3 Å². The van der Waals surface area contributed by atoms with Crippen molar-refractivity contribution in [2.45, 2.75) is 32.6 Å². The molecule has 3 aromatic rings. The Morgan fingerprint density at radius 1 is 1.38 bits per heavy atom. The molecule has 0 fully saturated rings. The molecule has 1 amide bonds. The Balaban J connectivity index is 1.70. The maximum absolute atomic E-state index is 12.5. The zero-order valence-electron chi connectivity index (χ0n) is 13.7. The third-order valence-electron chi connectivity index (χ3n) is 3.18. The summed E-state index contributed by atoms with van der Waals surface area (Å²) in [5, 5.41) is 10.2. The zero-order chi connectivity index (χ0) is 18.9. The van der Waals surface area contributed by atoms with E-state index in [2.05, 4.69) is 25.1 Å². The average molecular weight is 385 g/mol. The lowest BCUT2D eigenvalue weighted by molar-refractivity contribution is -0.159. The van der Waals surface area contributed by atoms with Gasteiger partial charge in [0.1, 0.15) is 0 Å². The number of carbonyl (C=O) groups excluding carboxylic acids is 1. The predicted molar refractivity (Wildman–Crippen MR) is 86.5 cm³/mol. The Bertz CT molecular complexity index is 912. The van der Waals surface area contributed by atoms with Gasteiger partial charge in [0.2, 0.25) is 5.82 Å². The number of amides is 1. The number of nitrogens with one attached hydrogen (secondary N) is 1. The van der Waals surface area contributed by atoms with Crippen LogP contribution in [0.1, 0.15) is 35.0 Å². The third-order valence-corrected chi connectivity index (χ3v) is 4.25. The number of thiophene rings is 1. The summed E-state index contributed by atoms with van der Waals surface area (Å²) in [7, 11) is 0. The molecule has 11 heteroatoms. The van der Waals surface area contributed by atoms with Gasteiger partial charge in [-0.1, -0.05) is 5.16 Å². The molecule has 26 heavy (non-hydrogen) atoms. The summed E-state index contributed by atoms with van der Waals surface area (Å²) in [4.78, 5) is 16.5. The molecular weight excluding hydrogens is 371 g/mol. The van der Waals surface area contributed by atoms with Crippen LogP contribution in [0.15, 0.2) is 29.0 Å². The summed E-state index contributed by atoms with van der Waals surface area (Å²) < 4.78 is 43.4. The molecule has 3 rings (SSSR count). The minimum atomic E-state index is -4.67. The van der Waals surface area contributed by atoms with Crippen LogP contribution in [0.3, 0.4) is 0 Å². The lowest BCUT2D eigenvalue weighted by Gasteiger charge is -2.05. The molecule has 0 radical (unpaired) electrons. The average Bonchev–Trinajstić information content (AvgIpc) is 3.26. The van der Waals surface area contributed by atoms with E-state index in [1.165, 1.54) is 17.5 Å². The van der Waals surface area contributed by atoms with Crippen LogP contribution in [-0.2, 0) is 12.7 Å². The minimum absolute atomic E-state index is 0.0160. The predicted octanol–water partition coefficient (Wildman–Crippen LogP) is 3.20. The second-order valence-corrected chi connectivity index (χ2v) is 6.91. The molecule has 0 spiro atoms. The molecule has 0 atom stereocenters. The second-order valence-electron chi connectivity index (χ2n) is 5.74.